The molecule has 0 bridgehead atoms. The van der Waals surface area contributed by atoms with Crippen LogP contribution in [-0.2, 0) is 6.54 Å². The molecule has 0 atom stereocenters. The summed E-state index contributed by atoms with van der Waals surface area (Å²) < 4.78 is 5.70. The standard InChI is InChI=1S/C16H29N3O/c1-12(2)8-9-19(14-6-7-14)15-18-13(11-20-15)10-17-16(3,4)5/h11-12,14,17H,6-10H2,1-5H3. The van der Waals surface area contributed by atoms with E-state index >= 15 is 0 Å². The largest absolute Gasteiger partial charge is 0.432 e. The van der Waals surface area contributed by atoms with Gasteiger partial charge in [-0.25, -0.2) is 0 Å². The minimum Gasteiger partial charge on any atom is -0.432 e. The summed E-state index contributed by atoms with van der Waals surface area (Å²) in [6.07, 6.45) is 5.53. The lowest BCUT2D eigenvalue weighted by Gasteiger charge is -2.21. The molecule has 1 aliphatic carbocycles. The molecule has 1 fully saturated rings. The van der Waals surface area contributed by atoms with E-state index in [0.29, 0.717) is 12.0 Å². The van der Waals surface area contributed by atoms with Crippen molar-refractivity contribution in [2.75, 3.05) is 11.4 Å². The number of nitrogens with zero attached hydrogens (tertiary/aromatic N) is 2. The fraction of sp³-hybridized carbons (Fsp3) is 0.812. The van der Waals surface area contributed by atoms with Crippen molar-refractivity contribution in [2.24, 2.45) is 5.92 Å². The van der Waals surface area contributed by atoms with E-state index in [2.05, 4.69) is 49.8 Å². The highest BCUT2D eigenvalue weighted by Gasteiger charge is 2.31. The SMILES string of the molecule is CC(C)CCN(c1nc(CNC(C)(C)C)co1)C1CC1. The number of hydrogen-bond acceptors (Lipinski definition) is 4. The van der Waals surface area contributed by atoms with E-state index < -0.39 is 0 Å². The first-order chi connectivity index (χ1) is 9.35. The highest BCUT2D eigenvalue weighted by Crippen LogP contribution is 2.31. The molecular weight excluding hydrogens is 250 g/mol. The van der Waals surface area contributed by atoms with Gasteiger partial charge in [0.25, 0.3) is 6.01 Å². The number of nitrogens with one attached hydrogen (secondary N) is 1. The first kappa shape index (κ1) is 15.4. The van der Waals surface area contributed by atoms with E-state index in [1.54, 1.807) is 6.26 Å². The molecular formula is C16H29N3O. The van der Waals surface area contributed by atoms with Crippen LogP contribution in [0.25, 0.3) is 0 Å². The van der Waals surface area contributed by atoms with Crippen LogP contribution in [0.4, 0.5) is 6.01 Å². The predicted molar refractivity (Wildman–Crippen MR) is 82.9 cm³/mol. The van der Waals surface area contributed by atoms with Gasteiger partial charge in [-0.1, -0.05) is 13.8 Å². The maximum absolute atomic E-state index is 5.70. The van der Waals surface area contributed by atoms with Crippen molar-refractivity contribution in [1.82, 2.24) is 10.3 Å². The summed E-state index contributed by atoms with van der Waals surface area (Å²) in [5, 5.41) is 3.44. The van der Waals surface area contributed by atoms with Gasteiger partial charge in [-0.05, 0) is 46.0 Å². The molecule has 1 N–H and O–H groups in total. The first-order valence-corrected chi connectivity index (χ1v) is 7.81. The van der Waals surface area contributed by atoms with E-state index in [1.807, 2.05) is 0 Å². The summed E-state index contributed by atoms with van der Waals surface area (Å²) in [6, 6.07) is 1.45. The molecule has 0 radical (unpaired) electrons. The summed E-state index contributed by atoms with van der Waals surface area (Å²) in [4.78, 5) is 7.00. The number of aromatic nitrogens is 1. The maximum Gasteiger partial charge on any atom is 0.297 e. The molecule has 20 heavy (non-hydrogen) atoms. The number of anilines is 1. The quantitative estimate of drug-likeness (QED) is 0.828. The second-order valence-corrected chi connectivity index (χ2v) is 7.33. The smallest absolute Gasteiger partial charge is 0.297 e. The minimum absolute atomic E-state index is 0.104. The molecule has 0 spiro atoms. The summed E-state index contributed by atoms with van der Waals surface area (Å²) in [5.74, 6) is 0.716. The van der Waals surface area contributed by atoms with Crippen LogP contribution >= 0.6 is 0 Å². The van der Waals surface area contributed by atoms with Crippen molar-refractivity contribution in [3.8, 4) is 0 Å². The van der Waals surface area contributed by atoms with Gasteiger partial charge in [-0.2, -0.15) is 4.98 Å². The molecule has 1 saturated carbocycles. The summed E-state index contributed by atoms with van der Waals surface area (Å²) in [5.41, 5.74) is 1.09. The Morgan fingerprint density at radius 2 is 2.10 bits per heavy atom. The van der Waals surface area contributed by atoms with Gasteiger partial charge in [0, 0.05) is 24.7 Å². The van der Waals surface area contributed by atoms with Crippen LogP contribution < -0.4 is 10.2 Å². The molecule has 1 aromatic rings. The van der Waals surface area contributed by atoms with Gasteiger partial charge in [0.05, 0.1) is 5.69 Å². The minimum atomic E-state index is 0.104. The van der Waals surface area contributed by atoms with Gasteiger partial charge in [0.1, 0.15) is 6.26 Å². The zero-order valence-electron chi connectivity index (χ0n) is 13.6. The lowest BCUT2D eigenvalue weighted by molar-refractivity contribution is 0.421. The van der Waals surface area contributed by atoms with E-state index in [9.17, 15) is 0 Å². The van der Waals surface area contributed by atoms with Crippen LogP contribution in [0.15, 0.2) is 10.7 Å². The molecule has 0 amide bonds. The fourth-order valence-corrected chi connectivity index (χ4v) is 2.08. The van der Waals surface area contributed by atoms with Gasteiger partial charge >= 0.3 is 0 Å². The Bertz CT molecular complexity index is 416. The van der Waals surface area contributed by atoms with Crippen molar-refractivity contribution in [3.05, 3.63) is 12.0 Å². The second kappa shape index (κ2) is 6.17. The van der Waals surface area contributed by atoms with Gasteiger partial charge in [-0.15, -0.1) is 0 Å². The number of hydrogen-bond donors (Lipinski definition) is 1. The van der Waals surface area contributed by atoms with E-state index in [1.165, 1.54) is 19.3 Å². The van der Waals surface area contributed by atoms with Crippen LogP contribution in [0.2, 0.25) is 0 Å². The molecule has 0 saturated heterocycles. The molecule has 114 valence electrons. The normalized spacial score (nSPS) is 15.9. The van der Waals surface area contributed by atoms with Crippen molar-refractivity contribution >= 4 is 6.01 Å². The molecule has 1 aromatic heterocycles. The summed E-state index contributed by atoms with van der Waals surface area (Å²) in [7, 11) is 0. The molecule has 1 heterocycles. The molecule has 4 nitrogen and oxygen atoms in total. The van der Waals surface area contributed by atoms with Gasteiger partial charge < -0.3 is 14.6 Å². The Kier molecular flexibility index (Phi) is 4.74. The Balaban J connectivity index is 1.94. The number of oxazole rings is 1. The molecule has 0 unspecified atom stereocenters. The highest BCUT2D eigenvalue weighted by atomic mass is 16.4. The third-order valence-corrected chi connectivity index (χ3v) is 3.52. The molecule has 0 aliphatic heterocycles. The van der Waals surface area contributed by atoms with Crippen LogP contribution in [0.5, 0.6) is 0 Å². The van der Waals surface area contributed by atoms with Crippen LogP contribution in [0, 0.1) is 5.92 Å². The van der Waals surface area contributed by atoms with Gasteiger partial charge in [0.2, 0.25) is 0 Å². The van der Waals surface area contributed by atoms with E-state index in [4.69, 9.17) is 4.42 Å². The second-order valence-electron chi connectivity index (χ2n) is 7.33. The number of rotatable bonds is 7. The van der Waals surface area contributed by atoms with Crippen molar-refractivity contribution in [3.63, 3.8) is 0 Å². The zero-order valence-corrected chi connectivity index (χ0v) is 13.6. The molecule has 2 rings (SSSR count). The van der Waals surface area contributed by atoms with Crippen LogP contribution in [-0.4, -0.2) is 23.1 Å². The average Bonchev–Trinajstić information content (AvgIpc) is 3.04. The Hall–Kier alpha value is -1.03. The lowest BCUT2D eigenvalue weighted by Crippen LogP contribution is -2.35. The third-order valence-electron chi connectivity index (χ3n) is 3.52. The monoisotopic (exact) mass is 279 g/mol. The van der Waals surface area contributed by atoms with Gasteiger partial charge in [0.15, 0.2) is 0 Å². The fourth-order valence-electron chi connectivity index (χ4n) is 2.08. The Morgan fingerprint density at radius 3 is 2.65 bits per heavy atom. The zero-order chi connectivity index (χ0) is 14.8. The average molecular weight is 279 g/mol. The van der Waals surface area contributed by atoms with Crippen molar-refractivity contribution in [1.29, 1.82) is 0 Å². The molecule has 4 heteroatoms. The predicted octanol–water partition coefficient (Wildman–Crippen LogP) is 3.58. The molecule has 0 aromatic carbocycles. The molecule has 1 aliphatic rings. The summed E-state index contributed by atoms with van der Waals surface area (Å²) in [6.45, 7) is 12.8. The maximum atomic E-state index is 5.70. The lowest BCUT2D eigenvalue weighted by atomic mass is 10.1. The van der Waals surface area contributed by atoms with Crippen LogP contribution in [0.1, 0.15) is 59.6 Å². The highest BCUT2D eigenvalue weighted by molar-refractivity contribution is 5.31. The van der Waals surface area contributed by atoms with E-state index in [0.717, 1.165) is 24.8 Å². The Morgan fingerprint density at radius 1 is 1.40 bits per heavy atom. The van der Waals surface area contributed by atoms with E-state index in [-0.39, 0.29) is 5.54 Å². The topological polar surface area (TPSA) is 41.3 Å². The van der Waals surface area contributed by atoms with Crippen molar-refractivity contribution in [2.45, 2.75) is 72.0 Å². The Labute approximate surface area is 122 Å². The summed E-state index contributed by atoms with van der Waals surface area (Å²) >= 11 is 0. The van der Waals surface area contributed by atoms with Crippen molar-refractivity contribution < 1.29 is 4.42 Å². The van der Waals surface area contributed by atoms with Crippen LogP contribution in [0.3, 0.4) is 0 Å². The van der Waals surface area contributed by atoms with Gasteiger partial charge in [-0.3, -0.25) is 0 Å². The first-order valence-electron chi connectivity index (χ1n) is 7.81. The third kappa shape index (κ3) is 4.82.